The Morgan fingerprint density at radius 2 is 1.57 bits per heavy atom. The smallest absolute Gasteiger partial charge is 0.0624 e. The molecule has 0 saturated carbocycles. The molecule has 3 heteroatoms. The van der Waals surface area contributed by atoms with Crippen molar-refractivity contribution in [2.75, 3.05) is 7.05 Å². The minimum absolute atomic E-state index is 0.224. The normalized spacial score (nSPS) is 12.7. The van der Waals surface area contributed by atoms with Crippen molar-refractivity contribution in [1.82, 2.24) is 5.32 Å². The Morgan fingerprint density at radius 3 is 2.14 bits per heavy atom. The first-order chi connectivity index (χ1) is 10.0. The molecule has 0 aliphatic rings. The van der Waals surface area contributed by atoms with Gasteiger partial charge in [0, 0.05) is 6.04 Å². The molecule has 2 rings (SSSR count). The van der Waals surface area contributed by atoms with Crippen molar-refractivity contribution in [3.63, 3.8) is 0 Å². The van der Waals surface area contributed by atoms with Crippen molar-refractivity contribution < 1.29 is 0 Å². The number of likely N-dealkylation sites (N-methyl/N-ethyl adjacent to an activating group) is 1. The van der Waals surface area contributed by atoms with Crippen molar-refractivity contribution >= 4 is 23.2 Å². The van der Waals surface area contributed by atoms with Crippen LogP contribution in [0.2, 0.25) is 10.0 Å². The van der Waals surface area contributed by atoms with Gasteiger partial charge in [-0.25, -0.2) is 0 Å². The maximum atomic E-state index is 6.29. The zero-order valence-corrected chi connectivity index (χ0v) is 14.2. The summed E-state index contributed by atoms with van der Waals surface area (Å²) >= 11 is 12.4. The van der Waals surface area contributed by atoms with Crippen molar-refractivity contribution in [2.24, 2.45) is 0 Å². The summed E-state index contributed by atoms with van der Waals surface area (Å²) in [6.45, 7) is 4.41. The fourth-order valence-electron chi connectivity index (χ4n) is 2.43. The van der Waals surface area contributed by atoms with Crippen LogP contribution in [0.4, 0.5) is 0 Å². The number of halogens is 2. The Morgan fingerprint density at radius 1 is 0.952 bits per heavy atom. The van der Waals surface area contributed by atoms with E-state index in [2.05, 4.69) is 43.4 Å². The standard InChI is InChI=1S/C18H21Cl2N/c1-12(2)13-7-9-14(10-8-13)17(21-3)11-15-5-4-6-16(19)18(15)20/h4-10,12,17,21H,11H2,1-3H3. The van der Waals surface area contributed by atoms with Crippen molar-refractivity contribution in [3.05, 3.63) is 69.2 Å². The Balaban J connectivity index is 2.21. The van der Waals surface area contributed by atoms with Crippen LogP contribution < -0.4 is 5.32 Å². The molecule has 0 amide bonds. The topological polar surface area (TPSA) is 12.0 Å². The lowest BCUT2D eigenvalue weighted by Crippen LogP contribution is -2.19. The summed E-state index contributed by atoms with van der Waals surface area (Å²) in [5, 5.41) is 4.62. The molecular weight excluding hydrogens is 301 g/mol. The molecule has 0 heterocycles. The van der Waals surface area contributed by atoms with E-state index in [4.69, 9.17) is 23.2 Å². The molecule has 0 aliphatic heterocycles. The molecule has 0 aromatic heterocycles. The van der Waals surface area contributed by atoms with Crippen LogP contribution in [0.3, 0.4) is 0 Å². The number of hydrogen-bond donors (Lipinski definition) is 1. The van der Waals surface area contributed by atoms with Gasteiger partial charge in [-0.1, -0.05) is 73.4 Å². The van der Waals surface area contributed by atoms with Gasteiger partial charge in [0.05, 0.1) is 10.0 Å². The third-order valence-corrected chi connectivity index (χ3v) is 4.67. The summed E-state index contributed by atoms with van der Waals surface area (Å²) < 4.78 is 0. The van der Waals surface area contributed by atoms with E-state index in [1.807, 2.05) is 25.2 Å². The van der Waals surface area contributed by atoms with E-state index in [1.165, 1.54) is 11.1 Å². The quantitative estimate of drug-likeness (QED) is 0.753. The van der Waals surface area contributed by atoms with E-state index < -0.39 is 0 Å². The zero-order chi connectivity index (χ0) is 15.4. The molecule has 0 radical (unpaired) electrons. The molecule has 1 atom stereocenters. The lowest BCUT2D eigenvalue weighted by atomic mass is 9.95. The average molecular weight is 322 g/mol. The highest BCUT2D eigenvalue weighted by Crippen LogP contribution is 2.29. The highest BCUT2D eigenvalue weighted by Gasteiger charge is 2.13. The first kappa shape index (κ1) is 16.4. The Hall–Kier alpha value is -1.02. The Bertz CT molecular complexity index is 591. The summed E-state index contributed by atoms with van der Waals surface area (Å²) in [6.07, 6.45) is 0.816. The third-order valence-electron chi connectivity index (χ3n) is 3.81. The summed E-state index contributed by atoms with van der Waals surface area (Å²) in [6, 6.07) is 14.8. The second kappa shape index (κ2) is 7.31. The van der Waals surface area contributed by atoms with E-state index in [0.717, 1.165) is 12.0 Å². The summed E-state index contributed by atoms with van der Waals surface area (Å²) in [4.78, 5) is 0. The molecule has 2 aromatic carbocycles. The van der Waals surface area contributed by atoms with Gasteiger partial charge in [0.15, 0.2) is 0 Å². The van der Waals surface area contributed by atoms with E-state index in [-0.39, 0.29) is 6.04 Å². The largest absolute Gasteiger partial charge is 0.313 e. The predicted octanol–water partition coefficient (Wildman–Crippen LogP) is 5.62. The van der Waals surface area contributed by atoms with E-state index in [9.17, 15) is 0 Å². The zero-order valence-electron chi connectivity index (χ0n) is 12.7. The van der Waals surface area contributed by atoms with Gasteiger partial charge >= 0.3 is 0 Å². The molecule has 0 spiro atoms. The number of nitrogens with one attached hydrogen (secondary N) is 1. The molecule has 1 nitrogen and oxygen atoms in total. The highest BCUT2D eigenvalue weighted by atomic mass is 35.5. The summed E-state index contributed by atoms with van der Waals surface area (Å²) in [7, 11) is 1.97. The SMILES string of the molecule is CNC(Cc1cccc(Cl)c1Cl)c1ccc(C(C)C)cc1. The Labute approximate surface area is 137 Å². The summed E-state index contributed by atoms with van der Waals surface area (Å²) in [5.41, 5.74) is 3.68. The third kappa shape index (κ3) is 4.00. The molecule has 0 fully saturated rings. The van der Waals surface area contributed by atoms with Crippen LogP contribution in [-0.2, 0) is 6.42 Å². The number of benzene rings is 2. The Kier molecular flexibility index (Phi) is 5.69. The second-order valence-corrected chi connectivity index (χ2v) is 6.36. The fourth-order valence-corrected chi connectivity index (χ4v) is 2.82. The van der Waals surface area contributed by atoms with Gasteiger partial charge in [-0.2, -0.15) is 0 Å². The molecule has 2 aromatic rings. The van der Waals surface area contributed by atoms with E-state index in [1.54, 1.807) is 0 Å². The van der Waals surface area contributed by atoms with Gasteiger partial charge in [-0.05, 0) is 42.1 Å². The molecule has 0 saturated heterocycles. The molecule has 112 valence electrons. The predicted molar refractivity (Wildman–Crippen MR) is 92.5 cm³/mol. The van der Waals surface area contributed by atoms with E-state index >= 15 is 0 Å². The molecule has 1 N–H and O–H groups in total. The molecule has 1 unspecified atom stereocenters. The number of rotatable bonds is 5. The van der Waals surface area contributed by atoms with Gasteiger partial charge in [0.25, 0.3) is 0 Å². The minimum atomic E-state index is 0.224. The highest BCUT2D eigenvalue weighted by molar-refractivity contribution is 6.42. The van der Waals surface area contributed by atoms with Crippen molar-refractivity contribution in [2.45, 2.75) is 32.2 Å². The van der Waals surface area contributed by atoms with Gasteiger partial charge in [0.1, 0.15) is 0 Å². The van der Waals surface area contributed by atoms with Gasteiger partial charge in [-0.15, -0.1) is 0 Å². The molecule has 0 bridgehead atoms. The van der Waals surface area contributed by atoms with Gasteiger partial charge in [-0.3, -0.25) is 0 Å². The maximum absolute atomic E-state index is 6.29. The van der Waals surface area contributed by atoms with Crippen LogP contribution in [0.1, 0.15) is 42.5 Å². The van der Waals surface area contributed by atoms with Crippen molar-refractivity contribution in [1.29, 1.82) is 0 Å². The second-order valence-electron chi connectivity index (χ2n) is 5.58. The minimum Gasteiger partial charge on any atom is -0.313 e. The van der Waals surface area contributed by atoms with E-state index in [0.29, 0.717) is 16.0 Å². The van der Waals surface area contributed by atoms with Crippen LogP contribution in [0.15, 0.2) is 42.5 Å². The van der Waals surface area contributed by atoms with Crippen LogP contribution >= 0.6 is 23.2 Å². The average Bonchev–Trinajstić information content (AvgIpc) is 2.49. The molecule has 21 heavy (non-hydrogen) atoms. The lowest BCUT2D eigenvalue weighted by molar-refractivity contribution is 0.592. The van der Waals surface area contributed by atoms with Crippen LogP contribution in [-0.4, -0.2) is 7.05 Å². The molecule has 0 aliphatic carbocycles. The molecular formula is C18H21Cl2N. The monoisotopic (exact) mass is 321 g/mol. The van der Waals surface area contributed by atoms with Gasteiger partial charge < -0.3 is 5.32 Å². The maximum Gasteiger partial charge on any atom is 0.0624 e. The van der Waals surface area contributed by atoms with Gasteiger partial charge in [0.2, 0.25) is 0 Å². The first-order valence-electron chi connectivity index (χ1n) is 7.23. The first-order valence-corrected chi connectivity index (χ1v) is 7.98. The van der Waals surface area contributed by atoms with Crippen LogP contribution in [0.25, 0.3) is 0 Å². The summed E-state index contributed by atoms with van der Waals surface area (Å²) in [5.74, 6) is 0.550. The van der Waals surface area contributed by atoms with Crippen LogP contribution in [0.5, 0.6) is 0 Å². The lowest BCUT2D eigenvalue weighted by Gasteiger charge is -2.18. The van der Waals surface area contributed by atoms with Crippen LogP contribution in [0, 0.1) is 0 Å². The fraction of sp³-hybridized carbons (Fsp3) is 0.333. The van der Waals surface area contributed by atoms with Crippen molar-refractivity contribution in [3.8, 4) is 0 Å². The number of hydrogen-bond acceptors (Lipinski definition) is 1.